The van der Waals surface area contributed by atoms with E-state index in [9.17, 15) is 0 Å². The summed E-state index contributed by atoms with van der Waals surface area (Å²) in [5.74, 6) is 0. The Morgan fingerprint density at radius 3 is 2.85 bits per heavy atom. The van der Waals surface area contributed by atoms with Gasteiger partial charge in [-0.2, -0.15) is 0 Å². The smallest absolute Gasteiger partial charge is 0.0456 e. The monoisotopic (exact) mass is 196 g/mol. The molecule has 13 heavy (non-hydrogen) atoms. The van der Waals surface area contributed by atoms with Gasteiger partial charge in [0.25, 0.3) is 0 Å². The SMILES string of the molecule is Cc1ccsc1C1CC(N)CN1C. The molecule has 1 aromatic rings. The second kappa shape index (κ2) is 3.40. The van der Waals surface area contributed by atoms with Crippen molar-refractivity contribution in [3.8, 4) is 0 Å². The van der Waals surface area contributed by atoms with Crippen LogP contribution >= 0.6 is 11.3 Å². The van der Waals surface area contributed by atoms with Crippen LogP contribution in [-0.4, -0.2) is 24.5 Å². The number of hydrogen-bond acceptors (Lipinski definition) is 3. The van der Waals surface area contributed by atoms with E-state index >= 15 is 0 Å². The minimum atomic E-state index is 0.358. The van der Waals surface area contributed by atoms with Gasteiger partial charge in [0.2, 0.25) is 0 Å². The van der Waals surface area contributed by atoms with Crippen molar-refractivity contribution in [2.45, 2.75) is 25.4 Å². The van der Waals surface area contributed by atoms with Gasteiger partial charge < -0.3 is 5.73 Å². The summed E-state index contributed by atoms with van der Waals surface area (Å²) >= 11 is 1.86. The molecule has 0 amide bonds. The molecule has 0 aromatic carbocycles. The largest absolute Gasteiger partial charge is 0.326 e. The van der Waals surface area contributed by atoms with Gasteiger partial charge in [-0.25, -0.2) is 0 Å². The minimum absolute atomic E-state index is 0.358. The lowest BCUT2D eigenvalue weighted by atomic mass is 10.1. The highest BCUT2D eigenvalue weighted by molar-refractivity contribution is 7.10. The van der Waals surface area contributed by atoms with Crippen molar-refractivity contribution in [3.63, 3.8) is 0 Å². The molecule has 0 saturated carbocycles. The third-order valence-electron chi connectivity index (χ3n) is 2.78. The van der Waals surface area contributed by atoms with Gasteiger partial charge in [0.15, 0.2) is 0 Å². The third-order valence-corrected chi connectivity index (χ3v) is 3.91. The fourth-order valence-electron chi connectivity index (χ4n) is 2.07. The highest BCUT2D eigenvalue weighted by Gasteiger charge is 2.29. The average molecular weight is 196 g/mol. The predicted molar refractivity (Wildman–Crippen MR) is 57.0 cm³/mol. The molecule has 2 N–H and O–H groups in total. The Hall–Kier alpha value is -0.380. The standard InChI is InChI=1S/C10H16N2S/c1-7-3-4-13-10(7)9-5-8(11)6-12(9)2/h3-4,8-9H,5-6,11H2,1-2H3. The van der Waals surface area contributed by atoms with Gasteiger partial charge >= 0.3 is 0 Å². The first-order valence-corrected chi connectivity index (χ1v) is 5.56. The van der Waals surface area contributed by atoms with Crippen molar-refractivity contribution >= 4 is 11.3 Å². The van der Waals surface area contributed by atoms with Crippen molar-refractivity contribution in [1.82, 2.24) is 4.90 Å². The summed E-state index contributed by atoms with van der Waals surface area (Å²) in [5, 5.41) is 2.17. The van der Waals surface area contributed by atoms with Gasteiger partial charge in [0.1, 0.15) is 0 Å². The maximum absolute atomic E-state index is 5.93. The van der Waals surface area contributed by atoms with E-state index in [2.05, 4.69) is 30.3 Å². The number of likely N-dealkylation sites (N-methyl/N-ethyl adjacent to an activating group) is 1. The molecular formula is C10H16N2S. The molecule has 2 unspecified atom stereocenters. The van der Waals surface area contributed by atoms with Gasteiger partial charge in [-0.15, -0.1) is 11.3 Å². The molecule has 0 spiro atoms. The zero-order valence-corrected chi connectivity index (χ0v) is 8.97. The first kappa shape index (κ1) is 9.19. The summed E-state index contributed by atoms with van der Waals surface area (Å²) in [7, 11) is 2.16. The zero-order valence-electron chi connectivity index (χ0n) is 8.16. The summed E-state index contributed by atoms with van der Waals surface area (Å²) in [5.41, 5.74) is 7.35. The Kier molecular flexibility index (Phi) is 2.41. The lowest BCUT2D eigenvalue weighted by Crippen LogP contribution is -2.24. The van der Waals surface area contributed by atoms with Gasteiger partial charge in [-0.05, 0) is 37.4 Å². The Morgan fingerprint density at radius 1 is 1.62 bits per heavy atom. The Balaban J connectivity index is 2.22. The van der Waals surface area contributed by atoms with Crippen LogP contribution in [0.25, 0.3) is 0 Å². The molecule has 1 aliphatic rings. The molecule has 0 radical (unpaired) electrons. The van der Waals surface area contributed by atoms with E-state index in [4.69, 9.17) is 5.73 Å². The molecule has 0 aliphatic carbocycles. The van der Waals surface area contributed by atoms with Crippen LogP contribution in [0.2, 0.25) is 0 Å². The zero-order chi connectivity index (χ0) is 9.42. The molecule has 1 aliphatic heterocycles. The molecule has 2 heterocycles. The van der Waals surface area contributed by atoms with Crippen LogP contribution in [0.4, 0.5) is 0 Å². The number of thiophene rings is 1. The number of hydrogen-bond donors (Lipinski definition) is 1. The minimum Gasteiger partial charge on any atom is -0.326 e. The Morgan fingerprint density at radius 2 is 2.38 bits per heavy atom. The second-order valence-electron chi connectivity index (χ2n) is 3.92. The first-order valence-electron chi connectivity index (χ1n) is 4.68. The number of nitrogens with zero attached hydrogens (tertiary/aromatic N) is 1. The van der Waals surface area contributed by atoms with E-state index in [0.29, 0.717) is 12.1 Å². The maximum atomic E-state index is 5.93. The molecule has 2 nitrogen and oxygen atoms in total. The lowest BCUT2D eigenvalue weighted by molar-refractivity contribution is 0.319. The van der Waals surface area contributed by atoms with E-state index in [1.165, 1.54) is 10.4 Å². The predicted octanol–water partition coefficient (Wildman–Crippen LogP) is 1.76. The van der Waals surface area contributed by atoms with Crippen LogP contribution < -0.4 is 5.73 Å². The summed E-state index contributed by atoms with van der Waals surface area (Å²) in [6.45, 7) is 3.21. The number of likely N-dealkylation sites (tertiary alicyclic amines) is 1. The fraction of sp³-hybridized carbons (Fsp3) is 0.600. The number of nitrogens with two attached hydrogens (primary N) is 1. The van der Waals surface area contributed by atoms with Crippen molar-refractivity contribution in [2.75, 3.05) is 13.6 Å². The van der Waals surface area contributed by atoms with Crippen LogP contribution in [0.15, 0.2) is 11.4 Å². The molecule has 0 bridgehead atoms. The van der Waals surface area contributed by atoms with E-state index in [-0.39, 0.29) is 0 Å². The lowest BCUT2D eigenvalue weighted by Gasteiger charge is -2.18. The summed E-state index contributed by atoms with van der Waals surface area (Å²) in [6.07, 6.45) is 1.11. The second-order valence-corrected chi connectivity index (χ2v) is 4.87. The topological polar surface area (TPSA) is 29.3 Å². The number of aryl methyl sites for hydroxylation is 1. The average Bonchev–Trinajstić information content (AvgIpc) is 2.58. The molecule has 2 rings (SSSR count). The quantitative estimate of drug-likeness (QED) is 0.741. The van der Waals surface area contributed by atoms with Crippen molar-refractivity contribution in [2.24, 2.45) is 5.73 Å². The Bertz CT molecular complexity index is 295. The fourth-order valence-corrected chi connectivity index (χ4v) is 3.18. The normalized spacial score (nSPS) is 29.8. The van der Waals surface area contributed by atoms with Crippen molar-refractivity contribution < 1.29 is 0 Å². The highest BCUT2D eigenvalue weighted by atomic mass is 32.1. The van der Waals surface area contributed by atoms with E-state index in [1.54, 1.807) is 0 Å². The molecule has 3 heteroatoms. The molecule has 1 fully saturated rings. The van der Waals surface area contributed by atoms with Crippen molar-refractivity contribution in [3.05, 3.63) is 21.9 Å². The van der Waals surface area contributed by atoms with Crippen LogP contribution in [0.3, 0.4) is 0 Å². The van der Waals surface area contributed by atoms with Gasteiger partial charge in [-0.3, -0.25) is 4.90 Å². The summed E-state index contributed by atoms with van der Waals surface area (Å²) in [6, 6.07) is 3.11. The van der Waals surface area contributed by atoms with Gasteiger partial charge in [0, 0.05) is 23.5 Å². The summed E-state index contributed by atoms with van der Waals surface area (Å²) < 4.78 is 0. The van der Waals surface area contributed by atoms with Crippen LogP contribution in [0, 0.1) is 6.92 Å². The van der Waals surface area contributed by atoms with Crippen LogP contribution in [0.5, 0.6) is 0 Å². The molecule has 1 aromatic heterocycles. The van der Waals surface area contributed by atoms with Crippen molar-refractivity contribution in [1.29, 1.82) is 0 Å². The number of rotatable bonds is 1. The van der Waals surface area contributed by atoms with Gasteiger partial charge in [0.05, 0.1) is 0 Å². The van der Waals surface area contributed by atoms with E-state index in [0.717, 1.165) is 13.0 Å². The third kappa shape index (κ3) is 1.64. The van der Waals surface area contributed by atoms with Crippen LogP contribution in [0.1, 0.15) is 22.9 Å². The maximum Gasteiger partial charge on any atom is 0.0456 e. The molecule has 2 atom stereocenters. The van der Waals surface area contributed by atoms with E-state index < -0.39 is 0 Å². The first-order chi connectivity index (χ1) is 6.18. The van der Waals surface area contributed by atoms with Crippen LogP contribution in [-0.2, 0) is 0 Å². The summed E-state index contributed by atoms with van der Waals surface area (Å²) in [4.78, 5) is 3.86. The Labute approximate surface area is 83.4 Å². The molecule has 72 valence electrons. The van der Waals surface area contributed by atoms with Gasteiger partial charge in [-0.1, -0.05) is 0 Å². The molecular weight excluding hydrogens is 180 g/mol. The highest BCUT2D eigenvalue weighted by Crippen LogP contribution is 2.34. The molecule has 1 saturated heterocycles. The van der Waals surface area contributed by atoms with E-state index in [1.807, 2.05) is 11.3 Å².